The molecular formula is C16H20N2OS. The molecule has 1 fully saturated rings. The third-order valence-corrected chi connectivity index (χ3v) is 5.46. The summed E-state index contributed by atoms with van der Waals surface area (Å²) in [7, 11) is 0. The van der Waals surface area contributed by atoms with E-state index < -0.39 is 5.92 Å². The zero-order chi connectivity index (χ0) is 14.4. The second-order valence-corrected chi connectivity index (χ2v) is 6.60. The van der Waals surface area contributed by atoms with Gasteiger partial charge in [-0.1, -0.05) is 36.8 Å². The molecule has 1 aromatic rings. The lowest BCUT2D eigenvalue weighted by Crippen LogP contribution is -2.46. The normalized spacial score (nSPS) is 17.6. The van der Waals surface area contributed by atoms with Crippen LogP contribution in [0.3, 0.4) is 0 Å². The van der Waals surface area contributed by atoms with Crippen LogP contribution in [0.25, 0.3) is 0 Å². The van der Waals surface area contributed by atoms with Crippen molar-refractivity contribution in [3.05, 3.63) is 35.9 Å². The zero-order valence-corrected chi connectivity index (χ0v) is 12.6. The largest absolute Gasteiger partial charge is 0.354 e. The number of nitriles is 1. The number of rotatable bonds is 6. The molecular weight excluding hydrogens is 268 g/mol. The maximum absolute atomic E-state index is 12.1. The van der Waals surface area contributed by atoms with E-state index in [-0.39, 0.29) is 10.7 Å². The minimum absolute atomic E-state index is 0.142. The van der Waals surface area contributed by atoms with Crippen LogP contribution in [0.4, 0.5) is 0 Å². The minimum Gasteiger partial charge on any atom is -0.354 e. The van der Waals surface area contributed by atoms with Crippen molar-refractivity contribution in [2.24, 2.45) is 5.92 Å². The molecule has 1 aliphatic rings. The van der Waals surface area contributed by atoms with Gasteiger partial charge in [0.2, 0.25) is 5.91 Å². The molecule has 1 aliphatic carbocycles. The van der Waals surface area contributed by atoms with E-state index >= 15 is 0 Å². The summed E-state index contributed by atoms with van der Waals surface area (Å²) in [6.07, 6.45) is 6.13. The molecule has 4 heteroatoms. The molecule has 0 radical (unpaired) electrons. The van der Waals surface area contributed by atoms with Gasteiger partial charge in [0, 0.05) is 11.3 Å². The highest BCUT2D eigenvalue weighted by Gasteiger charge is 2.36. The standard InChI is InChI=1S/C16H20N2OS/c1-20-16(8-5-9-16)12-18-15(19)14(11-17)10-13-6-3-2-4-7-13/h2-4,6-7,14H,5,8-10,12H2,1H3,(H,18,19). The van der Waals surface area contributed by atoms with Gasteiger partial charge in [-0.05, 0) is 31.1 Å². The summed E-state index contributed by atoms with van der Waals surface area (Å²) in [6.45, 7) is 0.681. The van der Waals surface area contributed by atoms with Crippen LogP contribution in [0.2, 0.25) is 0 Å². The molecule has 1 N–H and O–H groups in total. The maximum Gasteiger partial charge on any atom is 0.237 e. The topological polar surface area (TPSA) is 52.9 Å². The van der Waals surface area contributed by atoms with Gasteiger partial charge in [-0.2, -0.15) is 17.0 Å². The van der Waals surface area contributed by atoms with Crippen molar-refractivity contribution in [1.29, 1.82) is 5.26 Å². The second-order valence-electron chi connectivity index (χ2n) is 5.33. The predicted octanol–water partition coefficient (Wildman–Crippen LogP) is 2.77. The number of carbonyl (C=O) groups excluding carboxylic acids is 1. The smallest absolute Gasteiger partial charge is 0.237 e. The van der Waals surface area contributed by atoms with Crippen molar-refractivity contribution in [3.8, 4) is 6.07 Å². The van der Waals surface area contributed by atoms with E-state index in [0.29, 0.717) is 13.0 Å². The van der Waals surface area contributed by atoms with Crippen molar-refractivity contribution in [2.45, 2.75) is 30.4 Å². The van der Waals surface area contributed by atoms with Gasteiger partial charge in [0.05, 0.1) is 6.07 Å². The van der Waals surface area contributed by atoms with E-state index in [4.69, 9.17) is 0 Å². The van der Waals surface area contributed by atoms with E-state index in [1.54, 1.807) is 0 Å². The number of carbonyl (C=O) groups is 1. The fourth-order valence-electron chi connectivity index (χ4n) is 2.44. The monoisotopic (exact) mass is 288 g/mol. The summed E-state index contributed by atoms with van der Waals surface area (Å²) < 4.78 is 0.211. The van der Waals surface area contributed by atoms with Crippen molar-refractivity contribution in [1.82, 2.24) is 5.32 Å². The number of nitrogens with zero attached hydrogens (tertiary/aromatic N) is 1. The summed E-state index contributed by atoms with van der Waals surface area (Å²) in [6, 6.07) is 11.8. The van der Waals surface area contributed by atoms with Gasteiger partial charge < -0.3 is 5.32 Å². The Morgan fingerprint density at radius 2 is 2.15 bits per heavy atom. The SMILES string of the molecule is CSC1(CNC(=O)C(C#N)Cc2ccccc2)CCC1. The minimum atomic E-state index is -0.601. The third-order valence-electron chi connectivity index (χ3n) is 4.04. The molecule has 0 heterocycles. The van der Waals surface area contributed by atoms with Crippen molar-refractivity contribution < 1.29 is 4.79 Å². The summed E-state index contributed by atoms with van der Waals surface area (Å²) in [5.74, 6) is -0.743. The van der Waals surface area contributed by atoms with E-state index in [1.165, 1.54) is 6.42 Å². The summed E-state index contributed by atoms with van der Waals surface area (Å²) >= 11 is 1.83. The van der Waals surface area contributed by atoms with Gasteiger partial charge in [0.15, 0.2) is 0 Å². The van der Waals surface area contributed by atoms with Gasteiger partial charge in [-0.3, -0.25) is 4.79 Å². The first-order chi connectivity index (χ1) is 9.69. The maximum atomic E-state index is 12.1. The Kier molecular flexibility index (Phi) is 5.08. The van der Waals surface area contributed by atoms with Crippen LogP contribution in [0.5, 0.6) is 0 Å². The number of hydrogen-bond acceptors (Lipinski definition) is 3. The van der Waals surface area contributed by atoms with E-state index in [9.17, 15) is 10.1 Å². The quantitative estimate of drug-likeness (QED) is 0.875. The van der Waals surface area contributed by atoms with Crippen LogP contribution in [0.1, 0.15) is 24.8 Å². The second kappa shape index (κ2) is 6.81. The number of thioether (sulfide) groups is 1. The summed E-state index contributed by atoms with van der Waals surface area (Å²) in [5.41, 5.74) is 1.03. The highest BCUT2D eigenvalue weighted by atomic mass is 32.2. The van der Waals surface area contributed by atoms with Crippen LogP contribution in [0.15, 0.2) is 30.3 Å². The van der Waals surface area contributed by atoms with Crippen molar-refractivity contribution in [2.75, 3.05) is 12.8 Å². The molecule has 1 saturated carbocycles. The molecule has 0 bridgehead atoms. The highest BCUT2D eigenvalue weighted by Crippen LogP contribution is 2.42. The molecule has 0 aliphatic heterocycles. The molecule has 0 spiro atoms. The lowest BCUT2D eigenvalue weighted by Gasteiger charge is -2.40. The first kappa shape index (κ1) is 14.9. The lowest BCUT2D eigenvalue weighted by atomic mass is 9.84. The Hall–Kier alpha value is -1.47. The molecule has 3 nitrogen and oxygen atoms in total. The Bertz CT molecular complexity index is 485. The number of nitrogens with one attached hydrogen (secondary N) is 1. The summed E-state index contributed by atoms with van der Waals surface area (Å²) in [4.78, 5) is 12.1. The first-order valence-electron chi connectivity index (χ1n) is 6.95. The molecule has 0 aromatic heterocycles. The molecule has 0 saturated heterocycles. The van der Waals surface area contributed by atoms with Gasteiger partial charge in [-0.15, -0.1) is 0 Å². The highest BCUT2D eigenvalue weighted by molar-refractivity contribution is 8.00. The van der Waals surface area contributed by atoms with Crippen LogP contribution in [-0.4, -0.2) is 23.5 Å². The molecule has 20 heavy (non-hydrogen) atoms. The van der Waals surface area contributed by atoms with E-state index in [1.807, 2.05) is 42.1 Å². The Labute approximate surface area is 124 Å². The van der Waals surface area contributed by atoms with Gasteiger partial charge in [0.25, 0.3) is 0 Å². The Balaban J connectivity index is 1.88. The van der Waals surface area contributed by atoms with Gasteiger partial charge >= 0.3 is 0 Å². The molecule has 1 aromatic carbocycles. The average molecular weight is 288 g/mol. The third kappa shape index (κ3) is 3.55. The average Bonchev–Trinajstić information content (AvgIpc) is 2.45. The van der Waals surface area contributed by atoms with Gasteiger partial charge in [-0.25, -0.2) is 0 Å². The van der Waals surface area contributed by atoms with Crippen LogP contribution < -0.4 is 5.32 Å². The van der Waals surface area contributed by atoms with Crippen LogP contribution >= 0.6 is 11.8 Å². The van der Waals surface area contributed by atoms with Gasteiger partial charge in [0.1, 0.15) is 5.92 Å². The van der Waals surface area contributed by atoms with Crippen molar-refractivity contribution in [3.63, 3.8) is 0 Å². The summed E-state index contributed by atoms with van der Waals surface area (Å²) in [5, 5.41) is 12.2. The van der Waals surface area contributed by atoms with Crippen LogP contribution in [0, 0.1) is 17.2 Å². The van der Waals surface area contributed by atoms with Crippen LogP contribution in [-0.2, 0) is 11.2 Å². The zero-order valence-electron chi connectivity index (χ0n) is 11.8. The predicted molar refractivity (Wildman–Crippen MR) is 82.4 cm³/mol. The van der Waals surface area contributed by atoms with E-state index in [0.717, 1.165) is 18.4 Å². The molecule has 106 valence electrons. The van der Waals surface area contributed by atoms with E-state index in [2.05, 4.69) is 17.6 Å². The molecule has 1 unspecified atom stereocenters. The lowest BCUT2D eigenvalue weighted by molar-refractivity contribution is -0.123. The fraction of sp³-hybridized carbons (Fsp3) is 0.500. The molecule has 1 amide bonds. The number of benzene rings is 1. The first-order valence-corrected chi connectivity index (χ1v) is 8.18. The van der Waals surface area contributed by atoms with Crippen molar-refractivity contribution >= 4 is 17.7 Å². The fourth-order valence-corrected chi connectivity index (χ4v) is 3.36. The number of hydrogen-bond donors (Lipinski definition) is 1. The number of amides is 1. The molecule has 1 atom stereocenters. The molecule has 2 rings (SSSR count). The Morgan fingerprint density at radius 3 is 2.65 bits per heavy atom. The Morgan fingerprint density at radius 1 is 1.45 bits per heavy atom.